The van der Waals surface area contributed by atoms with Crippen molar-refractivity contribution in [3.05, 3.63) is 90.8 Å². The number of alkyl carbamates (subject to hydrolysis) is 1. The number of benzene rings is 3. The molecule has 0 unspecified atom stereocenters. The van der Waals surface area contributed by atoms with Gasteiger partial charge in [-0.25, -0.2) is 9.78 Å². The van der Waals surface area contributed by atoms with E-state index in [0.29, 0.717) is 25.1 Å². The van der Waals surface area contributed by atoms with E-state index in [0.717, 1.165) is 23.9 Å². The summed E-state index contributed by atoms with van der Waals surface area (Å²) >= 11 is 0. The zero-order chi connectivity index (χ0) is 34.1. The average molecular weight is 659 g/mol. The van der Waals surface area contributed by atoms with Crippen LogP contribution in [0, 0.1) is 16.7 Å². The van der Waals surface area contributed by atoms with E-state index in [9.17, 15) is 15.2 Å². The summed E-state index contributed by atoms with van der Waals surface area (Å²) in [6.45, 7) is 15.2. The Morgan fingerprint density at radius 1 is 1.04 bits per heavy atom. The minimum atomic E-state index is -2.85. The Morgan fingerprint density at radius 3 is 2.12 bits per heavy atom. The molecule has 248 valence electrons. The Labute approximate surface area is 298 Å². The van der Waals surface area contributed by atoms with Gasteiger partial charge in [-0.1, -0.05) is 109 Å². The molecule has 48 heavy (non-hydrogen) atoms. The number of nitrogens with one attached hydrogen (secondary N) is 1. The van der Waals surface area contributed by atoms with E-state index in [1.165, 1.54) is 10.4 Å². The molecule has 0 bridgehead atoms. The molecular formula is C38H47LiN4O4Si. The minimum absolute atomic E-state index is 0. The summed E-state index contributed by atoms with van der Waals surface area (Å²) in [4.78, 5) is 16.9. The molecule has 1 N–H and O–H groups in total. The van der Waals surface area contributed by atoms with Gasteiger partial charge in [-0.05, 0) is 52.9 Å². The first kappa shape index (κ1) is 37.4. The van der Waals surface area contributed by atoms with Crippen LogP contribution in [-0.2, 0) is 15.7 Å². The molecule has 6 rings (SSSR count). The molecule has 2 fully saturated rings. The molecule has 1 saturated heterocycles. The Balaban J connectivity index is 0.000000808. The molecule has 8 nitrogen and oxygen atoms in total. The standard InChI is InChI=1S/C34H38N4O3Si.C4H9O.Li/c1-32(2,3)42(26-11-7-5-8-12-26,27-13-9-6-10-14-27)41-30-17-18-34(22-36-31(39)40-34)21-33(30,4)23-38-24-37-28-16-15-25(20-35)19-29(28)38;1-4(2,3)5;/h5-16,19,24,30H,17-18,21-23H2,1-4H3,(H,36,39);1-3H3;/q;-1;+1/t30-,33+,34+;;/m1../s1. The van der Waals surface area contributed by atoms with Gasteiger partial charge >= 0.3 is 25.0 Å². The van der Waals surface area contributed by atoms with Gasteiger partial charge in [0.25, 0.3) is 8.32 Å². The van der Waals surface area contributed by atoms with Crippen LogP contribution in [0.25, 0.3) is 11.0 Å². The number of carbonyl (C=O) groups excluding carboxylic acids is 1. The van der Waals surface area contributed by atoms with Crippen LogP contribution in [0.5, 0.6) is 0 Å². The molecule has 1 aliphatic carbocycles. The monoisotopic (exact) mass is 658 g/mol. The number of aromatic nitrogens is 2. The maximum atomic E-state index is 12.3. The van der Waals surface area contributed by atoms with E-state index in [1.54, 1.807) is 26.8 Å². The van der Waals surface area contributed by atoms with E-state index in [1.807, 2.05) is 18.5 Å². The van der Waals surface area contributed by atoms with Crippen molar-refractivity contribution in [2.75, 3.05) is 6.54 Å². The van der Waals surface area contributed by atoms with Crippen LogP contribution in [0.3, 0.4) is 0 Å². The van der Waals surface area contributed by atoms with Crippen LogP contribution >= 0.6 is 0 Å². The molecule has 1 saturated carbocycles. The fraction of sp³-hybridized carbons (Fsp3) is 0.447. The van der Waals surface area contributed by atoms with Gasteiger partial charge in [0.2, 0.25) is 0 Å². The fourth-order valence-corrected chi connectivity index (χ4v) is 12.2. The Morgan fingerprint density at radius 2 is 1.62 bits per heavy atom. The van der Waals surface area contributed by atoms with Crippen molar-refractivity contribution in [3.8, 4) is 6.07 Å². The maximum Gasteiger partial charge on any atom is 1.00 e. The second kappa shape index (κ2) is 14.2. The van der Waals surface area contributed by atoms with Gasteiger partial charge in [-0.3, -0.25) is 0 Å². The van der Waals surface area contributed by atoms with E-state index in [4.69, 9.17) is 9.16 Å². The zero-order valence-corrected chi connectivity index (χ0v) is 30.7. The topological polar surface area (TPSA) is 112 Å². The zero-order valence-electron chi connectivity index (χ0n) is 29.7. The number of hydrogen-bond donors (Lipinski definition) is 1. The largest absolute Gasteiger partial charge is 1.00 e. The summed E-state index contributed by atoms with van der Waals surface area (Å²) < 4.78 is 15.9. The predicted octanol–water partition coefficient (Wildman–Crippen LogP) is 2.67. The van der Waals surface area contributed by atoms with Crippen molar-refractivity contribution in [2.45, 2.75) is 96.6 Å². The van der Waals surface area contributed by atoms with Gasteiger partial charge in [0.15, 0.2) is 0 Å². The molecule has 0 radical (unpaired) electrons. The number of rotatable bonds is 6. The quantitative estimate of drug-likeness (QED) is 0.319. The third-order valence-electron chi connectivity index (χ3n) is 9.25. The van der Waals surface area contributed by atoms with Gasteiger partial charge in [0, 0.05) is 12.0 Å². The number of hydrogen-bond acceptors (Lipinski definition) is 6. The predicted molar refractivity (Wildman–Crippen MR) is 186 cm³/mol. The Bertz CT molecular complexity index is 1700. The normalized spacial score (nSPS) is 22.6. The Hall–Kier alpha value is -3.38. The molecule has 4 aromatic rings. The molecule has 2 heterocycles. The first-order valence-corrected chi connectivity index (χ1v) is 18.3. The first-order valence-electron chi connectivity index (χ1n) is 16.4. The SMILES string of the molecule is CC(C)(C)[O-].CC(C)(C)[Si](O[C@@H]1CC[C@@]2(CNC(=O)O2)C[C@@]1(C)Cn1cnc2ccc(C#N)cc21)(c1ccccc1)c1ccccc1.[Li+]. The van der Waals surface area contributed by atoms with Gasteiger partial charge in [-0.15, -0.1) is 5.60 Å². The summed E-state index contributed by atoms with van der Waals surface area (Å²) in [5.41, 5.74) is 0.630. The van der Waals surface area contributed by atoms with Gasteiger partial charge in [0.05, 0.1) is 41.6 Å². The molecule has 10 heteroatoms. The van der Waals surface area contributed by atoms with Gasteiger partial charge in [0.1, 0.15) is 5.60 Å². The molecule has 1 aromatic heterocycles. The van der Waals surface area contributed by atoms with Gasteiger partial charge in [-0.2, -0.15) is 5.26 Å². The van der Waals surface area contributed by atoms with Crippen LogP contribution in [0.1, 0.15) is 73.3 Å². The van der Waals surface area contributed by atoms with Crippen LogP contribution in [0.15, 0.2) is 85.2 Å². The number of nitrogens with zero attached hydrogens (tertiary/aromatic N) is 3. The smallest absolute Gasteiger partial charge is 0.850 e. The molecule has 2 aliphatic rings. The molecule has 3 atom stereocenters. The molecule has 1 amide bonds. The van der Waals surface area contributed by atoms with Crippen LogP contribution in [-0.4, -0.2) is 47.8 Å². The average Bonchev–Trinajstić information content (AvgIpc) is 3.57. The third kappa shape index (κ3) is 7.91. The van der Waals surface area contributed by atoms with E-state index in [2.05, 4.69) is 109 Å². The van der Waals surface area contributed by atoms with Crippen LogP contribution < -0.4 is 39.7 Å². The van der Waals surface area contributed by atoms with Crippen molar-refractivity contribution in [1.29, 1.82) is 5.26 Å². The van der Waals surface area contributed by atoms with Gasteiger partial charge < -0.3 is 24.2 Å². The number of ether oxygens (including phenoxy) is 1. The minimum Gasteiger partial charge on any atom is -0.850 e. The third-order valence-corrected chi connectivity index (χ3v) is 14.3. The van der Waals surface area contributed by atoms with Crippen molar-refractivity contribution < 1.29 is 37.9 Å². The van der Waals surface area contributed by atoms with E-state index >= 15 is 0 Å². The maximum absolute atomic E-state index is 12.3. The summed E-state index contributed by atoms with van der Waals surface area (Å²) in [6.07, 6.45) is 3.52. The van der Waals surface area contributed by atoms with Crippen molar-refractivity contribution in [3.63, 3.8) is 0 Å². The van der Waals surface area contributed by atoms with Crippen molar-refractivity contribution in [1.82, 2.24) is 14.9 Å². The summed E-state index contributed by atoms with van der Waals surface area (Å²) in [7, 11) is -2.85. The Kier molecular flexibility index (Phi) is 11.1. The fourth-order valence-electron chi connectivity index (χ4n) is 7.33. The summed E-state index contributed by atoms with van der Waals surface area (Å²) in [6, 6.07) is 29.3. The first-order chi connectivity index (χ1) is 22.1. The number of amides is 1. The molecular weight excluding hydrogens is 611 g/mol. The van der Waals surface area contributed by atoms with E-state index in [-0.39, 0.29) is 36.1 Å². The van der Waals surface area contributed by atoms with Crippen LogP contribution in [0.2, 0.25) is 5.04 Å². The molecule has 1 spiro atoms. The summed E-state index contributed by atoms with van der Waals surface area (Å²) in [5.74, 6) is 0. The number of fused-ring (bicyclic) bond motifs is 1. The van der Waals surface area contributed by atoms with Crippen LogP contribution in [0.4, 0.5) is 4.79 Å². The second-order valence-corrected chi connectivity index (χ2v) is 19.6. The number of nitriles is 1. The second-order valence-electron chi connectivity index (χ2n) is 15.4. The number of imidazole rings is 1. The van der Waals surface area contributed by atoms with Crippen molar-refractivity contribution in [2.24, 2.45) is 5.41 Å². The van der Waals surface area contributed by atoms with Crippen molar-refractivity contribution >= 4 is 35.8 Å². The molecule has 3 aromatic carbocycles. The van der Waals surface area contributed by atoms with E-state index < -0.39 is 24.9 Å². The summed E-state index contributed by atoms with van der Waals surface area (Å²) in [5, 5.41) is 24.9. The number of carbonyl (C=O) groups is 1. The molecule has 1 aliphatic heterocycles.